The third kappa shape index (κ3) is 7.37. The molecule has 1 aromatic carbocycles. The predicted octanol–water partition coefficient (Wildman–Crippen LogP) is 3.53. The quantitative estimate of drug-likeness (QED) is 0.718. The summed E-state index contributed by atoms with van der Waals surface area (Å²) in [6.07, 6.45) is 0.478. The Bertz CT molecular complexity index is 505. The van der Waals surface area contributed by atoms with Gasteiger partial charge in [0.05, 0.1) is 6.61 Å². The molecule has 1 unspecified atom stereocenters. The van der Waals surface area contributed by atoms with Crippen LogP contribution in [0.15, 0.2) is 24.3 Å². The number of carbonyl (C=O) groups excluding carboxylic acids is 1. The van der Waals surface area contributed by atoms with E-state index >= 15 is 0 Å². The van der Waals surface area contributed by atoms with Crippen molar-refractivity contribution in [1.29, 1.82) is 0 Å². The largest absolute Gasteiger partial charge is 0.444 e. The van der Waals surface area contributed by atoms with Crippen molar-refractivity contribution in [3.8, 4) is 0 Å². The Kier molecular flexibility index (Phi) is 6.88. The van der Waals surface area contributed by atoms with Gasteiger partial charge in [0, 0.05) is 24.2 Å². The van der Waals surface area contributed by atoms with Crippen molar-refractivity contribution in [2.75, 3.05) is 18.5 Å². The van der Waals surface area contributed by atoms with E-state index in [0.29, 0.717) is 13.1 Å². The number of benzene rings is 1. The van der Waals surface area contributed by atoms with Gasteiger partial charge in [-0.15, -0.1) is 0 Å². The van der Waals surface area contributed by atoms with Gasteiger partial charge in [0.1, 0.15) is 5.60 Å². The highest BCUT2D eigenvalue weighted by Gasteiger charge is 2.20. The molecule has 0 spiro atoms. The third-order valence-corrected chi connectivity index (χ3v) is 3.72. The molecule has 1 aromatic rings. The molecule has 0 aliphatic rings. The van der Waals surface area contributed by atoms with Gasteiger partial charge in [0.2, 0.25) is 0 Å². The van der Waals surface area contributed by atoms with Gasteiger partial charge in [-0.1, -0.05) is 26.0 Å². The molecule has 0 bridgehead atoms. The van der Waals surface area contributed by atoms with Crippen LogP contribution in [0, 0.1) is 5.41 Å². The van der Waals surface area contributed by atoms with E-state index in [-0.39, 0.29) is 12.0 Å². The van der Waals surface area contributed by atoms with E-state index in [0.717, 1.165) is 17.7 Å². The van der Waals surface area contributed by atoms with Crippen molar-refractivity contribution in [2.45, 2.75) is 53.2 Å². The fraction of sp³-hybridized carbons (Fsp3) is 0.611. The van der Waals surface area contributed by atoms with Gasteiger partial charge in [0.15, 0.2) is 0 Å². The first-order valence-corrected chi connectivity index (χ1v) is 8.08. The predicted molar refractivity (Wildman–Crippen MR) is 93.5 cm³/mol. The van der Waals surface area contributed by atoms with Crippen LogP contribution in [0.2, 0.25) is 0 Å². The fourth-order valence-corrected chi connectivity index (χ4v) is 1.89. The van der Waals surface area contributed by atoms with Crippen molar-refractivity contribution in [2.24, 2.45) is 5.41 Å². The molecule has 0 aliphatic carbocycles. The van der Waals surface area contributed by atoms with Gasteiger partial charge < -0.3 is 20.5 Å². The zero-order chi connectivity index (χ0) is 17.5. The lowest BCUT2D eigenvalue weighted by Crippen LogP contribution is -2.32. The standard InChI is InChI=1S/C18H30N2O3/c1-6-18(5,13-21)12-20-15-9-7-8-14(10-15)11-19-16(22)23-17(2,3)4/h7-10,20-21H,6,11-13H2,1-5H3,(H,19,22). The summed E-state index contributed by atoms with van der Waals surface area (Å²) in [5.74, 6) is 0. The first-order valence-electron chi connectivity index (χ1n) is 8.08. The van der Waals surface area contributed by atoms with Crippen LogP contribution in [-0.2, 0) is 11.3 Å². The number of aliphatic hydroxyl groups is 1. The van der Waals surface area contributed by atoms with E-state index < -0.39 is 11.7 Å². The Balaban J connectivity index is 2.55. The minimum Gasteiger partial charge on any atom is -0.444 e. The summed E-state index contributed by atoms with van der Waals surface area (Å²) in [7, 11) is 0. The number of anilines is 1. The highest BCUT2D eigenvalue weighted by Crippen LogP contribution is 2.21. The molecule has 130 valence electrons. The van der Waals surface area contributed by atoms with Crippen LogP contribution in [-0.4, -0.2) is 30.0 Å². The smallest absolute Gasteiger partial charge is 0.407 e. The average molecular weight is 322 g/mol. The number of rotatable bonds is 7. The maximum atomic E-state index is 11.7. The first-order chi connectivity index (χ1) is 10.7. The van der Waals surface area contributed by atoms with Gasteiger partial charge in [-0.25, -0.2) is 4.79 Å². The van der Waals surface area contributed by atoms with Gasteiger partial charge in [-0.05, 0) is 44.9 Å². The molecule has 1 amide bonds. The number of carbonyl (C=O) groups is 1. The highest BCUT2D eigenvalue weighted by molar-refractivity contribution is 5.67. The fourth-order valence-electron chi connectivity index (χ4n) is 1.89. The molecule has 0 saturated heterocycles. The lowest BCUT2D eigenvalue weighted by Gasteiger charge is -2.26. The Labute approximate surface area is 139 Å². The third-order valence-electron chi connectivity index (χ3n) is 3.72. The molecule has 0 radical (unpaired) electrons. The maximum absolute atomic E-state index is 11.7. The number of amides is 1. The summed E-state index contributed by atoms with van der Waals surface area (Å²) in [6.45, 7) is 10.9. The number of nitrogens with one attached hydrogen (secondary N) is 2. The van der Waals surface area contributed by atoms with E-state index in [9.17, 15) is 9.90 Å². The molecule has 1 atom stereocenters. The second kappa shape index (κ2) is 8.20. The summed E-state index contributed by atoms with van der Waals surface area (Å²) in [4.78, 5) is 11.7. The van der Waals surface area contributed by atoms with Gasteiger partial charge in [0.25, 0.3) is 0 Å². The highest BCUT2D eigenvalue weighted by atomic mass is 16.6. The van der Waals surface area contributed by atoms with Crippen LogP contribution in [0.1, 0.15) is 46.6 Å². The Morgan fingerprint density at radius 1 is 1.26 bits per heavy atom. The van der Waals surface area contributed by atoms with Crippen LogP contribution < -0.4 is 10.6 Å². The molecule has 23 heavy (non-hydrogen) atoms. The zero-order valence-electron chi connectivity index (χ0n) is 14.9. The number of ether oxygens (including phenoxy) is 1. The Morgan fingerprint density at radius 3 is 2.52 bits per heavy atom. The minimum absolute atomic E-state index is 0.134. The van der Waals surface area contributed by atoms with Crippen LogP contribution in [0.3, 0.4) is 0 Å². The summed E-state index contributed by atoms with van der Waals surface area (Å²) in [5.41, 5.74) is 1.33. The summed E-state index contributed by atoms with van der Waals surface area (Å²) in [6, 6.07) is 7.86. The summed E-state index contributed by atoms with van der Waals surface area (Å²) < 4.78 is 5.22. The first kappa shape index (κ1) is 19.3. The molecule has 0 fully saturated rings. The Hall–Kier alpha value is -1.75. The molecule has 0 saturated carbocycles. The maximum Gasteiger partial charge on any atom is 0.407 e. The van der Waals surface area contributed by atoms with Gasteiger partial charge in [-0.3, -0.25) is 0 Å². The minimum atomic E-state index is -0.498. The number of hydrogen-bond acceptors (Lipinski definition) is 4. The number of aliphatic hydroxyl groups excluding tert-OH is 1. The second-order valence-electron chi connectivity index (χ2n) is 7.23. The van der Waals surface area contributed by atoms with Crippen molar-refractivity contribution >= 4 is 11.8 Å². The molecular weight excluding hydrogens is 292 g/mol. The lowest BCUT2D eigenvalue weighted by atomic mass is 9.88. The Morgan fingerprint density at radius 2 is 1.96 bits per heavy atom. The summed E-state index contributed by atoms with van der Waals surface area (Å²) >= 11 is 0. The van der Waals surface area contributed by atoms with Crippen molar-refractivity contribution in [3.05, 3.63) is 29.8 Å². The molecule has 0 heterocycles. The molecule has 5 nitrogen and oxygen atoms in total. The van der Waals surface area contributed by atoms with Crippen LogP contribution in [0.5, 0.6) is 0 Å². The SMILES string of the molecule is CCC(C)(CO)CNc1cccc(CNC(=O)OC(C)(C)C)c1. The van der Waals surface area contributed by atoms with Crippen LogP contribution in [0.25, 0.3) is 0 Å². The normalized spacial score (nSPS) is 14.0. The lowest BCUT2D eigenvalue weighted by molar-refractivity contribution is 0.0523. The number of alkyl carbamates (subject to hydrolysis) is 1. The van der Waals surface area contributed by atoms with Crippen LogP contribution in [0.4, 0.5) is 10.5 Å². The summed E-state index contributed by atoms with van der Waals surface area (Å²) in [5, 5.41) is 15.6. The average Bonchev–Trinajstić information content (AvgIpc) is 2.49. The molecular formula is C18H30N2O3. The van der Waals surface area contributed by atoms with Gasteiger partial charge in [-0.2, -0.15) is 0 Å². The second-order valence-corrected chi connectivity index (χ2v) is 7.23. The van der Waals surface area contributed by atoms with E-state index in [4.69, 9.17) is 4.74 Å². The van der Waals surface area contributed by atoms with Gasteiger partial charge >= 0.3 is 6.09 Å². The van der Waals surface area contributed by atoms with E-state index in [1.165, 1.54) is 0 Å². The molecule has 0 aliphatic heterocycles. The molecule has 1 rings (SSSR count). The molecule has 5 heteroatoms. The zero-order valence-corrected chi connectivity index (χ0v) is 14.9. The van der Waals surface area contributed by atoms with Crippen molar-refractivity contribution in [3.63, 3.8) is 0 Å². The monoisotopic (exact) mass is 322 g/mol. The van der Waals surface area contributed by atoms with E-state index in [1.807, 2.05) is 52.0 Å². The van der Waals surface area contributed by atoms with Crippen LogP contribution >= 0.6 is 0 Å². The molecule has 3 N–H and O–H groups in total. The number of hydrogen-bond donors (Lipinski definition) is 3. The van der Waals surface area contributed by atoms with E-state index in [2.05, 4.69) is 17.6 Å². The molecule has 0 aromatic heterocycles. The topological polar surface area (TPSA) is 70.6 Å². The van der Waals surface area contributed by atoms with E-state index in [1.54, 1.807) is 0 Å². The van der Waals surface area contributed by atoms with Crippen molar-refractivity contribution < 1.29 is 14.6 Å². The van der Waals surface area contributed by atoms with Crippen molar-refractivity contribution in [1.82, 2.24) is 5.32 Å².